The molecular weight excluding hydrogens is 272 g/mol. The van der Waals surface area contributed by atoms with Crippen molar-refractivity contribution in [3.8, 4) is 0 Å². The fourth-order valence-electron chi connectivity index (χ4n) is 1.47. The van der Waals surface area contributed by atoms with Crippen LogP contribution in [0.15, 0.2) is 30.3 Å². The maximum atomic E-state index is 11.4. The standard InChI is InChI=1S/C12H15ClN2O4/c13-6-7-14-12(19)15-9(11(17)18)10(16)8-4-2-1-3-5-8/h1-5,9-10,16H,6-7H2,(H,17,18)(H2,14,15,19). The van der Waals surface area contributed by atoms with E-state index in [1.54, 1.807) is 30.3 Å². The number of alkyl halides is 1. The van der Waals surface area contributed by atoms with Gasteiger partial charge >= 0.3 is 12.0 Å². The SMILES string of the molecule is O=C(NCCCl)NC(C(=O)O)C(O)c1ccccc1. The van der Waals surface area contributed by atoms with Gasteiger partial charge in [-0.3, -0.25) is 0 Å². The molecule has 2 atom stereocenters. The summed E-state index contributed by atoms with van der Waals surface area (Å²) in [6.45, 7) is 0.209. The second-order valence-corrected chi connectivity index (χ2v) is 4.14. The van der Waals surface area contributed by atoms with Crippen LogP contribution in [0, 0.1) is 0 Å². The fourth-order valence-corrected chi connectivity index (χ4v) is 1.57. The molecule has 0 radical (unpaired) electrons. The first-order valence-electron chi connectivity index (χ1n) is 5.62. The lowest BCUT2D eigenvalue weighted by Gasteiger charge is -2.20. The zero-order valence-electron chi connectivity index (χ0n) is 10.0. The summed E-state index contributed by atoms with van der Waals surface area (Å²) in [5.41, 5.74) is 0.410. The van der Waals surface area contributed by atoms with Crippen molar-refractivity contribution in [3.05, 3.63) is 35.9 Å². The number of carbonyl (C=O) groups excluding carboxylic acids is 1. The molecule has 1 aromatic carbocycles. The summed E-state index contributed by atoms with van der Waals surface area (Å²) in [4.78, 5) is 22.5. The van der Waals surface area contributed by atoms with Crippen molar-refractivity contribution in [1.29, 1.82) is 0 Å². The summed E-state index contributed by atoms with van der Waals surface area (Å²) in [7, 11) is 0. The molecule has 0 saturated heterocycles. The molecule has 1 rings (SSSR count). The van der Waals surface area contributed by atoms with Crippen molar-refractivity contribution < 1.29 is 19.8 Å². The quantitative estimate of drug-likeness (QED) is 0.579. The first-order valence-corrected chi connectivity index (χ1v) is 6.16. The third-order valence-electron chi connectivity index (χ3n) is 2.39. The van der Waals surface area contributed by atoms with E-state index in [0.29, 0.717) is 5.56 Å². The minimum Gasteiger partial charge on any atom is -0.480 e. The molecular formula is C12H15ClN2O4. The van der Waals surface area contributed by atoms with Crippen LogP contribution in [0.25, 0.3) is 0 Å². The van der Waals surface area contributed by atoms with Crippen LogP contribution < -0.4 is 10.6 Å². The number of rotatable bonds is 6. The Kier molecular flexibility index (Phi) is 6.11. The van der Waals surface area contributed by atoms with Gasteiger partial charge in [0.2, 0.25) is 0 Å². The van der Waals surface area contributed by atoms with E-state index in [0.717, 1.165) is 0 Å². The molecule has 19 heavy (non-hydrogen) atoms. The van der Waals surface area contributed by atoms with Crippen LogP contribution in [0.5, 0.6) is 0 Å². The minimum atomic E-state index is -1.43. The van der Waals surface area contributed by atoms with E-state index in [4.69, 9.17) is 16.7 Å². The second-order valence-electron chi connectivity index (χ2n) is 3.76. The zero-order valence-corrected chi connectivity index (χ0v) is 10.8. The van der Waals surface area contributed by atoms with Crippen molar-refractivity contribution in [2.24, 2.45) is 0 Å². The van der Waals surface area contributed by atoms with Crippen molar-refractivity contribution >= 4 is 23.6 Å². The Hall–Kier alpha value is -1.79. The molecule has 0 aromatic heterocycles. The largest absolute Gasteiger partial charge is 0.480 e. The average molecular weight is 287 g/mol. The lowest BCUT2D eigenvalue weighted by Crippen LogP contribution is -2.49. The molecule has 6 nitrogen and oxygen atoms in total. The summed E-state index contributed by atoms with van der Waals surface area (Å²) >= 11 is 5.39. The van der Waals surface area contributed by atoms with E-state index in [2.05, 4.69) is 10.6 Å². The number of carboxylic acids is 1. The molecule has 0 saturated carbocycles. The number of amides is 2. The van der Waals surface area contributed by atoms with Crippen LogP contribution in [0.3, 0.4) is 0 Å². The maximum absolute atomic E-state index is 11.4. The molecule has 4 N–H and O–H groups in total. The molecule has 0 fully saturated rings. The number of carboxylic acid groups (broad SMARTS) is 1. The number of aliphatic hydroxyl groups is 1. The molecule has 1 aromatic rings. The molecule has 0 aliphatic rings. The van der Waals surface area contributed by atoms with E-state index < -0.39 is 24.1 Å². The summed E-state index contributed by atoms with van der Waals surface area (Å²) in [5, 5.41) is 23.6. The summed E-state index contributed by atoms with van der Waals surface area (Å²) < 4.78 is 0. The number of halogens is 1. The predicted molar refractivity (Wildman–Crippen MR) is 70.1 cm³/mol. The third kappa shape index (κ3) is 4.76. The Balaban J connectivity index is 2.72. The molecule has 0 bridgehead atoms. The van der Waals surface area contributed by atoms with Crippen LogP contribution in [0.4, 0.5) is 4.79 Å². The van der Waals surface area contributed by atoms with Gasteiger partial charge in [0.25, 0.3) is 0 Å². The highest BCUT2D eigenvalue weighted by molar-refractivity contribution is 6.18. The first-order chi connectivity index (χ1) is 9.06. The van der Waals surface area contributed by atoms with Gasteiger partial charge in [-0.25, -0.2) is 9.59 Å². The smallest absolute Gasteiger partial charge is 0.329 e. The monoisotopic (exact) mass is 286 g/mol. The highest BCUT2D eigenvalue weighted by atomic mass is 35.5. The van der Waals surface area contributed by atoms with Crippen LogP contribution in [0.2, 0.25) is 0 Å². The molecule has 104 valence electrons. The van der Waals surface area contributed by atoms with Crippen molar-refractivity contribution in [3.63, 3.8) is 0 Å². The van der Waals surface area contributed by atoms with E-state index in [9.17, 15) is 14.7 Å². The van der Waals surface area contributed by atoms with Crippen LogP contribution in [-0.2, 0) is 4.79 Å². The number of aliphatic hydroxyl groups excluding tert-OH is 1. The molecule has 0 aliphatic carbocycles. The number of hydrogen-bond acceptors (Lipinski definition) is 3. The summed E-state index contributed by atoms with van der Waals surface area (Å²) in [6.07, 6.45) is -1.33. The molecule has 0 spiro atoms. The van der Waals surface area contributed by atoms with Gasteiger partial charge in [-0.15, -0.1) is 11.6 Å². The number of urea groups is 1. The van der Waals surface area contributed by atoms with Crippen LogP contribution in [-0.4, -0.2) is 40.7 Å². The second kappa shape index (κ2) is 7.60. The molecule has 0 aliphatic heterocycles. The van der Waals surface area contributed by atoms with Crippen molar-refractivity contribution in [2.45, 2.75) is 12.1 Å². The lowest BCUT2D eigenvalue weighted by atomic mass is 10.0. The predicted octanol–water partition coefficient (Wildman–Crippen LogP) is 0.711. The summed E-state index contributed by atoms with van der Waals surface area (Å²) in [6, 6.07) is 6.13. The molecule has 2 amide bonds. The van der Waals surface area contributed by atoms with Gasteiger partial charge in [0, 0.05) is 12.4 Å². The van der Waals surface area contributed by atoms with E-state index in [1.807, 2.05) is 0 Å². The Morgan fingerprint density at radius 3 is 2.42 bits per heavy atom. The number of benzene rings is 1. The van der Waals surface area contributed by atoms with Crippen LogP contribution in [0.1, 0.15) is 11.7 Å². The van der Waals surface area contributed by atoms with E-state index >= 15 is 0 Å². The highest BCUT2D eigenvalue weighted by Gasteiger charge is 2.29. The summed E-state index contributed by atoms with van der Waals surface area (Å²) in [5.74, 6) is -1.11. The number of hydrogen-bond donors (Lipinski definition) is 4. The van der Waals surface area contributed by atoms with Gasteiger partial charge in [-0.1, -0.05) is 30.3 Å². The minimum absolute atomic E-state index is 0.209. The molecule has 7 heteroatoms. The van der Waals surface area contributed by atoms with Gasteiger partial charge < -0.3 is 20.8 Å². The van der Waals surface area contributed by atoms with E-state index in [1.165, 1.54) is 0 Å². The maximum Gasteiger partial charge on any atom is 0.329 e. The van der Waals surface area contributed by atoms with Gasteiger partial charge in [-0.05, 0) is 5.56 Å². The normalized spacial score (nSPS) is 13.4. The molecule has 2 unspecified atom stereocenters. The van der Waals surface area contributed by atoms with Crippen molar-refractivity contribution in [2.75, 3.05) is 12.4 Å². The Labute approximate surface area is 115 Å². The molecule has 0 heterocycles. The van der Waals surface area contributed by atoms with Gasteiger partial charge in [0.05, 0.1) is 0 Å². The van der Waals surface area contributed by atoms with Crippen molar-refractivity contribution in [1.82, 2.24) is 10.6 Å². The lowest BCUT2D eigenvalue weighted by molar-refractivity contribution is -0.142. The third-order valence-corrected chi connectivity index (χ3v) is 2.58. The Morgan fingerprint density at radius 2 is 1.89 bits per heavy atom. The number of carbonyl (C=O) groups is 2. The zero-order chi connectivity index (χ0) is 14.3. The van der Waals surface area contributed by atoms with E-state index in [-0.39, 0.29) is 12.4 Å². The van der Waals surface area contributed by atoms with Gasteiger partial charge in [0.15, 0.2) is 6.04 Å². The topological polar surface area (TPSA) is 98.7 Å². The Bertz CT molecular complexity index is 427. The fraction of sp³-hybridized carbons (Fsp3) is 0.333. The highest BCUT2D eigenvalue weighted by Crippen LogP contribution is 2.16. The van der Waals surface area contributed by atoms with Gasteiger partial charge in [-0.2, -0.15) is 0 Å². The van der Waals surface area contributed by atoms with Crippen LogP contribution >= 0.6 is 11.6 Å². The Morgan fingerprint density at radius 1 is 1.26 bits per heavy atom. The number of aliphatic carboxylic acids is 1. The average Bonchev–Trinajstić information content (AvgIpc) is 2.42. The first kappa shape index (κ1) is 15.3. The number of nitrogens with one attached hydrogen (secondary N) is 2. The van der Waals surface area contributed by atoms with Gasteiger partial charge in [0.1, 0.15) is 6.10 Å².